The van der Waals surface area contributed by atoms with Gasteiger partial charge in [0, 0.05) is 29.4 Å². The van der Waals surface area contributed by atoms with Gasteiger partial charge in [0.25, 0.3) is 5.69 Å². The van der Waals surface area contributed by atoms with Gasteiger partial charge in [-0.2, -0.15) is 0 Å². The monoisotopic (exact) mass is 329 g/mol. The zero-order valence-electron chi connectivity index (χ0n) is 10.2. The lowest BCUT2D eigenvalue weighted by Gasteiger charge is -2.07. The van der Waals surface area contributed by atoms with Crippen LogP contribution in [0.4, 0.5) is 5.69 Å². The topological polar surface area (TPSA) is 86.5 Å². The largest absolute Gasteiger partial charge is 0.462 e. The van der Waals surface area contributed by atoms with Crippen molar-refractivity contribution in [2.75, 3.05) is 11.9 Å². The molecule has 0 bridgehead atoms. The number of Topliss-reactive ketones (excluding diaryl/α,β-unsaturated/α-hetero) is 1. The number of nitro groups is 1. The Hall–Kier alpha value is -1.76. The molecule has 1 rings (SSSR count). The molecule has 1 aromatic rings. The van der Waals surface area contributed by atoms with Gasteiger partial charge in [0.15, 0.2) is 5.78 Å². The Labute approximate surface area is 118 Å². The van der Waals surface area contributed by atoms with Crippen LogP contribution in [0, 0.1) is 10.1 Å². The van der Waals surface area contributed by atoms with Crippen LogP contribution in [-0.4, -0.2) is 28.6 Å². The van der Waals surface area contributed by atoms with Crippen LogP contribution in [0.5, 0.6) is 0 Å². The van der Waals surface area contributed by atoms with Gasteiger partial charge < -0.3 is 4.74 Å². The number of nitro benzene ring substituents is 1. The van der Waals surface area contributed by atoms with Crippen molar-refractivity contribution in [3.05, 3.63) is 39.4 Å². The summed E-state index contributed by atoms with van der Waals surface area (Å²) in [7, 11) is 0. The lowest BCUT2D eigenvalue weighted by molar-refractivity contribution is -0.384. The maximum atomic E-state index is 11.8. The Bertz CT molecular complexity index is 515. The molecule has 6 nitrogen and oxygen atoms in total. The summed E-state index contributed by atoms with van der Waals surface area (Å²) in [5.41, 5.74) is -0.177. The van der Waals surface area contributed by atoms with E-state index in [4.69, 9.17) is 4.74 Å². The minimum absolute atomic E-state index is 0.0676. The first-order valence-corrected chi connectivity index (χ1v) is 6.68. The molecule has 0 saturated heterocycles. The summed E-state index contributed by atoms with van der Waals surface area (Å²) in [6.45, 7) is 1.75. The zero-order chi connectivity index (χ0) is 14.4. The fourth-order valence-electron chi connectivity index (χ4n) is 1.49. The second-order valence-electron chi connectivity index (χ2n) is 3.57. The molecule has 102 valence electrons. The summed E-state index contributed by atoms with van der Waals surface area (Å²) < 4.78 is 4.81. The highest BCUT2D eigenvalue weighted by Gasteiger charge is 2.21. The molecule has 0 unspecified atom stereocenters. The standard InChI is InChI=1S/C12H12BrNO5/c1-2-19-12(16)10-7-8(14(17)18)3-4-9(10)11(15)5-6-13/h3-4,7H,2,5-6H2,1H3. The molecule has 0 amide bonds. The number of esters is 1. The van der Waals surface area contributed by atoms with E-state index in [1.54, 1.807) is 6.92 Å². The van der Waals surface area contributed by atoms with Crippen LogP contribution in [0.1, 0.15) is 34.1 Å². The van der Waals surface area contributed by atoms with Crippen LogP contribution in [0.3, 0.4) is 0 Å². The Morgan fingerprint density at radius 1 is 1.37 bits per heavy atom. The Kier molecular flexibility index (Phi) is 5.62. The predicted molar refractivity (Wildman–Crippen MR) is 71.8 cm³/mol. The number of carbonyl (C=O) groups excluding carboxylic acids is 2. The molecule has 7 heteroatoms. The lowest BCUT2D eigenvalue weighted by atomic mass is 10.0. The number of rotatable bonds is 6. The minimum atomic E-state index is -0.732. The molecule has 0 N–H and O–H groups in total. The number of alkyl halides is 1. The summed E-state index contributed by atoms with van der Waals surface area (Å²) in [5, 5.41) is 11.2. The highest BCUT2D eigenvalue weighted by atomic mass is 79.9. The molecule has 0 heterocycles. The van der Waals surface area contributed by atoms with Gasteiger partial charge in [0.05, 0.1) is 17.1 Å². The molecule has 0 radical (unpaired) electrons. The van der Waals surface area contributed by atoms with E-state index >= 15 is 0 Å². The molecule has 0 aromatic heterocycles. The lowest BCUT2D eigenvalue weighted by Crippen LogP contribution is -2.12. The van der Waals surface area contributed by atoms with E-state index in [9.17, 15) is 19.7 Å². The molecule has 0 saturated carbocycles. The summed E-state index contributed by atoms with van der Waals surface area (Å²) in [5.74, 6) is -1.00. The number of benzene rings is 1. The van der Waals surface area contributed by atoms with Crippen molar-refractivity contribution in [1.82, 2.24) is 0 Å². The number of carbonyl (C=O) groups is 2. The van der Waals surface area contributed by atoms with Crippen molar-refractivity contribution in [1.29, 1.82) is 0 Å². The highest BCUT2D eigenvalue weighted by molar-refractivity contribution is 9.09. The third kappa shape index (κ3) is 3.85. The highest BCUT2D eigenvalue weighted by Crippen LogP contribution is 2.20. The van der Waals surface area contributed by atoms with E-state index in [2.05, 4.69) is 15.9 Å². The third-order valence-corrected chi connectivity index (χ3v) is 2.73. The Morgan fingerprint density at radius 2 is 2.05 bits per heavy atom. The molecule has 19 heavy (non-hydrogen) atoms. The van der Waals surface area contributed by atoms with Gasteiger partial charge in [-0.25, -0.2) is 4.79 Å². The Balaban J connectivity index is 3.26. The summed E-state index contributed by atoms with van der Waals surface area (Å²) in [6, 6.07) is 3.55. The van der Waals surface area contributed by atoms with Crippen LogP contribution >= 0.6 is 15.9 Å². The molecule has 0 aliphatic carbocycles. The number of halogens is 1. The van der Waals surface area contributed by atoms with E-state index in [0.717, 1.165) is 6.07 Å². The van der Waals surface area contributed by atoms with Crippen LogP contribution in [0.2, 0.25) is 0 Å². The second-order valence-corrected chi connectivity index (χ2v) is 4.36. The number of hydrogen-bond acceptors (Lipinski definition) is 5. The number of hydrogen-bond donors (Lipinski definition) is 0. The molecular weight excluding hydrogens is 318 g/mol. The Morgan fingerprint density at radius 3 is 2.58 bits per heavy atom. The van der Waals surface area contributed by atoms with Gasteiger partial charge in [0.1, 0.15) is 0 Å². The molecular formula is C12H12BrNO5. The van der Waals surface area contributed by atoms with Gasteiger partial charge in [-0.15, -0.1) is 0 Å². The number of ketones is 1. The molecule has 0 aliphatic rings. The van der Waals surface area contributed by atoms with E-state index in [0.29, 0.717) is 5.33 Å². The van der Waals surface area contributed by atoms with Gasteiger partial charge in [-0.05, 0) is 13.0 Å². The quantitative estimate of drug-likeness (QED) is 0.263. The van der Waals surface area contributed by atoms with E-state index in [-0.39, 0.29) is 35.6 Å². The smallest absolute Gasteiger partial charge is 0.339 e. The van der Waals surface area contributed by atoms with Crippen LogP contribution < -0.4 is 0 Å². The average Bonchev–Trinajstić information content (AvgIpc) is 2.38. The number of non-ortho nitro benzene ring substituents is 1. The van der Waals surface area contributed by atoms with Crippen molar-refractivity contribution in [3.8, 4) is 0 Å². The van der Waals surface area contributed by atoms with Crippen molar-refractivity contribution < 1.29 is 19.2 Å². The number of ether oxygens (including phenoxy) is 1. The van der Waals surface area contributed by atoms with Crippen molar-refractivity contribution in [2.24, 2.45) is 0 Å². The predicted octanol–water partition coefficient (Wildman–Crippen LogP) is 2.74. The fourth-order valence-corrected chi connectivity index (χ4v) is 1.85. The molecule has 0 fully saturated rings. The fraction of sp³-hybridized carbons (Fsp3) is 0.333. The van der Waals surface area contributed by atoms with Crippen molar-refractivity contribution in [3.63, 3.8) is 0 Å². The second kappa shape index (κ2) is 6.98. The maximum absolute atomic E-state index is 11.8. The molecule has 0 spiro atoms. The minimum Gasteiger partial charge on any atom is -0.462 e. The van der Waals surface area contributed by atoms with Gasteiger partial charge in [-0.1, -0.05) is 15.9 Å². The van der Waals surface area contributed by atoms with Crippen LogP contribution in [0.15, 0.2) is 18.2 Å². The van der Waals surface area contributed by atoms with E-state index < -0.39 is 10.9 Å². The van der Waals surface area contributed by atoms with Gasteiger partial charge >= 0.3 is 5.97 Å². The first kappa shape index (κ1) is 15.3. The number of nitrogens with zero attached hydrogens (tertiary/aromatic N) is 1. The van der Waals surface area contributed by atoms with E-state index in [1.807, 2.05) is 0 Å². The van der Waals surface area contributed by atoms with Gasteiger partial charge in [-0.3, -0.25) is 14.9 Å². The van der Waals surface area contributed by atoms with Crippen molar-refractivity contribution in [2.45, 2.75) is 13.3 Å². The normalized spacial score (nSPS) is 10.0. The SMILES string of the molecule is CCOC(=O)c1cc([N+](=O)[O-])ccc1C(=O)CCBr. The molecule has 1 aromatic carbocycles. The van der Waals surface area contributed by atoms with Gasteiger partial charge in [0.2, 0.25) is 0 Å². The molecule has 0 atom stereocenters. The first-order chi connectivity index (χ1) is 9.01. The molecule has 0 aliphatic heterocycles. The van der Waals surface area contributed by atoms with E-state index in [1.165, 1.54) is 12.1 Å². The maximum Gasteiger partial charge on any atom is 0.339 e. The van der Waals surface area contributed by atoms with Crippen LogP contribution in [0.25, 0.3) is 0 Å². The van der Waals surface area contributed by atoms with Crippen molar-refractivity contribution >= 4 is 33.4 Å². The zero-order valence-corrected chi connectivity index (χ0v) is 11.8. The van der Waals surface area contributed by atoms with Crippen LogP contribution in [-0.2, 0) is 4.74 Å². The third-order valence-electron chi connectivity index (χ3n) is 2.33. The summed E-state index contributed by atoms with van der Waals surface area (Å²) in [6.07, 6.45) is 0.199. The summed E-state index contributed by atoms with van der Waals surface area (Å²) in [4.78, 5) is 33.7. The summed E-state index contributed by atoms with van der Waals surface area (Å²) >= 11 is 3.13. The average molecular weight is 330 g/mol. The first-order valence-electron chi connectivity index (χ1n) is 5.56.